The van der Waals surface area contributed by atoms with Crippen molar-refractivity contribution in [1.82, 2.24) is 29.7 Å². The van der Waals surface area contributed by atoms with Gasteiger partial charge in [0, 0.05) is 31.0 Å². The summed E-state index contributed by atoms with van der Waals surface area (Å²) in [5.41, 5.74) is 2.84. The normalized spacial score (nSPS) is 10.9. The molecule has 0 aliphatic carbocycles. The van der Waals surface area contributed by atoms with E-state index in [2.05, 4.69) is 15.4 Å². The summed E-state index contributed by atoms with van der Waals surface area (Å²) >= 11 is 6.05. The van der Waals surface area contributed by atoms with Crippen molar-refractivity contribution < 1.29 is 9.18 Å². The Balaban J connectivity index is 1.40. The van der Waals surface area contributed by atoms with Crippen molar-refractivity contribution in [3.05, 3.63) is 94.8 Å². The number of hydrogen-bond acceptors (Lipinski definition) is 4. The summed E-state index contributed by atoms with van der Waals surface area (Å²) in [4.78, 5) is 14.3. The zero-order chi connectivity index (χ0) is 21.1. The van der Waals surface area contributed by atoms with Crippen LogP contribution in [0.4, 0.5) is 4.39 Å². The molecule has 0 spiro atoms. The van der Waals surface area contributed by atoms with Gasteiger partial charge in [0.15, 0.2) is 5.69 Å². The van der Waals surface area contributed by atoms with Crippen molar-refractivity contribution in [2.45, 2.75) is 13.1 Å². The van der Waals surface area contributed by atoms with Gasteiger partial charge in [0.05, 0.1) is 18.4 Å². The van der Waals surface area contributed by atoms with Gasteiger partial charge in [-0.2, -0.15) is 5.10 Å². The van der Waals surface area contributed by atoms with E-state index in [1.807, 2.05) is 36.5 Å². The van der Waals surface area contributed by atoms with E-state index in [0.29, 0.717) is 17.1 Å². The van der Waals surface area contributed by atoms with Gasteiger partial charge in [-0.1, -0.05) is 35.0 Å². The van der Waals surface area contributed by atoms with E-state index in [1.165, 1.54) is 16.8 Å². The van der Waals surface area contributed by atoms with Crippen molar-refractivity contribution in [2.75, 3.05) is 7.05 Å². The first-order valence-corrected chi connectivity index (χ1v) is 9.56. The number of carbonyl (C=O) groups excluding carboxylic acids is 1. The van der Waals surface area contributed by atoms with E-state index in [4.69, 9.17) is 11.6 Å². The molecule has 2 aromatic carbocycles. The van der Waals surface area contributed by atoms with Gasteiger partial charge in [-0.25, -0.2) is 13.8 Å². The lowest BCUT2D eigenvalue weighted by Gasteiger charge is -2.16. The molecular weight excluding hydrogens is 407 g/mol. The highest BCUT2D eigenvalue weighted by Gasteiger charge is 2.16. The fraction of sp³-hybridized carbons (Fsp3) is 0.143. The van der Waals surface area contributed by atoms with Crippen molar-refractivity contribution in [3.8, 4) is 5.69 Å². The van der Waals surface area contributed by atoms with Crippen LogP contribution in [0.5, 0.6) is 0 Å². The lowest BCUT2D eigenvalue weighted by Crippen LogP contribution is -2.26. The van der Waals surface area contributed by atoms with E-state index >= 15 is 0 Å². The maximum absolute atomic E-state index is 13.2. The van der Waals surface area contributed by atoms with Crippen LogP contribution in [0.2, 0.25) is 5.02 Å². The molecule has 0 radical (unpaired) electrons. The molecule has 0 aliphatic rings. The fourth-order valence-electron chi connectivity index (χ4n) is 3.01. The molecule has 4 rings (SSSR count). The fourth-order valence-corrected chi connectivity index (χ4v) is 3.24. The van der Waals surface area contributed by atoms with Gasteiger partial charge in [-0.05, 0) is 41.5 Å². The molecule has 0 atom stereocenters. The summed E-state index contributed by atoms with van der Waals surface area (Å²) in [5, 5.41) is 12.4. The molecular formula is C21H18ClFN6O. The average Bonchev–Trinajstić information content (AvgIpc) is 3.42. The van der Waals surface area contributed by atoms with Crippen LogP contribution in [-0.2, 0) is 13.1 Å². The maximum atomic E-state index is 13.2. The standard InChI is InChI=1S/C21H18ClFN6O/c1-27(12-15-3-7-18(8-4-15)29-10-2-9-24-29)21(30)20-14-28(26-25-20)13-16-5-6-17(23)11-19(16)22/h2-11,14H,12-13H2,1H3. The Bertz CT molecular complexity index is 1160. The summed E-state index contributed by atoms with van der Waals surface area (Å²) in [5.74, 6) is -0.653. The molecule has 152 valence electrons. The Hall–Kier alpha value is -3.52. The molecule has 0 bridgehead atoms. The highest BCUT2D eigenvalue weighted by Crippen LogP contribution is 2.18. The minimum atomic E-state index is -0.405. The van der Waals surface area contributed by atoms with Gasteiger partial charge in [-0.3, -0.25) is 4.79 Å². The van der Waals surface area contributed by atoms with Crippen LogP contribution in [-0.4, -0.2) is 42.6 Å². The Morgan fingerprint density at radius 2 is 2.00 bits per heavy atom. The van der Waals surface area contributed by atoms with Crippen LogP contribution in [0.3, 0.4) is 0 Å². The van der Waals surface area contributed by atoms with Crippen LogP contribution < -0.4 is 0 Å². The van der Waals surface area contributed by atoms with E-state index in [0.717, 1.165) is 11.3 Å². The number of aromatic nitrogens is 5. The molecule has 0 saturated carbocycles. The monoisotopic (exact) mass is 424 g/mol. The Morgan fingerprint density at radius 1 is 1.20 bits per heavy atom. The Kier molecular flexibility index (Phi) is 5.58. The summed E-state index contributed by atoms with van der Waals surface area (Å²) in [6, 6.07) is 13.8. The number of carbonyl (C=O) groups is 1. The lowest BCUT2D eigenvalue weighted by molar-refractivity contribution is 0.0779. The van der Waals surface area contributed by atoms with Gasteiger partial charge in [0.2, 0.25) is 0 Å². The minimum absolute atomic E-state index is 0.226. The van der Waals surface area contributed by atoms with Gasteiger partial charge in [-0.15, -0.1) is 5.10 Å². The second-order valence-corrected chi connectivity index (χ2v) is 7.22. The average molecular weight is 425 g/mol. The number of halogens is 2. The molecule has 7 nitrogen and oxygen atoms in total. The number of hydrogen-bond donors (Lipinski definition) is 0. The van der Waals surface area contributed by atoms with Gasteiger partial charge in [0.1, 0.15) is 5.82 Å². The molecule has 0 aliphatic heterocycles. The van der Waals surface area contributed by atoms with E-state index in [9.17, 15) is 9.18 Å². The third-order valence-corrected chi connectivity index (χ3v) is 4.93. The summed E-state index contributed by atoms with van der Waals surface area (Å²) < 4.78 is 16.5. The number of rotatable bonds is 6. The highest BCUT2D eigenvalue weighted by molar-refractivity contribution is 6.31. The smallest absolute Gasteiger partial charge is 0.276 e. The number of amides is 1. The number of nitrogens with zero attached hydrogens (tertiary/aromatic N) is 6. The van der Waals surface area contributed by atoms with E-state index in [1.54, 1.807) is 35.1 Å². The molecule has 1 amide bonds. The second kappa shape index (κ2) is 8.46. The van der Waals surface area contributed by atoms with Crippen LogP contribution in [0.1, 0.15) is 21.6 Å². The predicted octanol–water partition coefficient (Wildman–Crippen LogP) is 3.58. The molecule has 2 heterocycles. The van der Waals surface area contributed by atoms with Crippen LogP contribution in [0, 0.1) is 5.82 Å². The quantitative estimate of drug-likeness (QED) is 0.474. The van der Waals surface area contributed by atoms with Gasteiger partial charge >= 0.3 is 0 Å². The molecule has 0 saturated heterocycles. The minimum Gasteiger partial charge on any atom is -0.336 e. The summed E-state index contributed by atoms with van der Waals surface area (Å²) in [6.45, 7) is 0.715. The lowest BCUT2D eigenvalue weighted by atomic mass is 10.2. The predicted molar refractivity (Wildman–Crippen MR) is 110 cm³/mol. The van der Waals surface area contributed by atoms with Crippen LogP contribution >= 0.6 is 11.6 Å². The molecule has 0 fully saturated rings. The first kappa shape index (κ1) is 19.8. The third-order valence-electron chi connectivity index (χ3n) is 4.58. The van der Waals surface area contributed by atoms with Gasteiger partial charge in [0.25, 0.3) is 5.91 Å². The van der Waals surface area contributed by atoms with Crippen LogP contribution in [0.25, 0.3) is 5.69 Å². The zero-order valence-corrected chi connectivity index (χ0v) is 16.9. The maximum Gasteiger partial charge on any atom is 0.276 e. The Labute approximate surface area is 177 Å². The topological polar surface area (TPSA) is 68.8 Å². The largest absolute Gasteiger partial charge is 0.336 e. The zero-order valence-electron chi connectivity index (χ0n) is 16.1. The molecule has 0 unspecified atom stereocenters. The Morgan fingerprint density at radius 3 is 2.70 bits per heavy atom. The van der Waals surface area contributed by atoms with E-state index < -0.39 is 5.82 Å². The molecule has 9 heteroatoms. The van der Waals surface area contributed by atoms with Crippen molar-refractivity contribution >= 4 is 17.5 Å². The molecule has 4 aromatic rings. The third kappa shape index (κ3) is 4.38. The van der Waals surface area contributed by atoms with Crippen molar-refractivity contribution in [1.29, 1.82) is 0 Å². The number of benzene rings is 2. The van der Waals surface area contributed by atoms with Gasteiger partial charge < -0.3 is 4.90 Å². The van der Waals surface area contributed by atoms with Crippen molar-refractivity contribution in [3.63, 3.8) is 0 Å². The van der Waals surface area contributed by atoms with Crippen LogP contribution in [0.15, 0.2) is 67.1 Å². The first-order chi connectivity index (χ1) is 14.5. The summed E-state index contributed by atoms with van der Waals surface area (Å²) in [6.07, 6.45) is 5.14. The molecule has 2 aromatic heterocycles. The molecule has 0 N–H and O–H groups in total. The second-order valence-electron chi connectivity index (χ2n) is 6.82. The highest BCUT2D eigenvalue weighted by atomic mass is 35.5. The molecule has 30 heavy (non-hydrogen) atoms. The SMILES string of the molecule is CN(Cc1ccc(-n2cccn2)cc1)C(=O)c1cn(Cc2ccc(F)cc2Cl)nn1. The van der Waals surface area contributed by atoms with Crippen molar-refractivity contribution in [2.24, 2.45) is 0 Å². The summed E-state index contributed by atoms with van der Waals surface area (Å²) in [7, 11) is 1.71. The first-order valence-electron chi connectivity index (χ1n) is 9.18. The van der Waals surface area contributed by atoms with E-state index in [-0.39, 0.29) is 18.1 Å².